The zero-order valence-electron chi connectivity index (χ0n) is 17.6. The lowest BCUT2D eigenvalue weighted by molar-refractivity contribution is -0.139. The molecule has 4 rings (SSSR count). The Bertz CT molecular complexity index is 1060. The van der Waals surface area contributed by atoms with Gasteiger partial charge in [-0.3, -0.25) is 9.78 Å². The minimum atomic E-state index is -0.830. The number of para-hydroxylation sites is 1. The molecule has 1 fully saturated rings. The molecule has 1 aromatic carbocycles. The van der Waals surface area contributed by atoms with Crippen LogP contribution in [0.5, 0.6) is 0 Å². The quantitative estimate of drug-likeness (QED) is 0.626. The van der Waals surface area contributed by atoms with Crippen LogP contribution >= 0.6 is 0 Å². The SMILES string of the molecule is CCCC(C(=O)O)c1c(C)nc(N2CCCCC2)nc1-c1cccc2cccnc12. The Labute approximate surface area is 177 Å². The number of carbonyl (C=O) groups is 1. The van der Waals surface area contributed by atoms with E-state index in [0.717, 1.165) is 54.5 Å². The van der Waals surface area contributed by atoms with Gasteiger partial charge in [-0.25, -0.2) is 9.97 Å². The van der Waals surface area contributed by atoms with Crippen LogP contribution < -0.4 is 4.90 Å². The summed E-state index contributed by atoms with van der Waals surface area (Å²) >= 11 is 0. The lowest BCUT2D eigenvalue weighted by Crippen LogP contribution is -2.31. The van der Waals surface area contributed by atoms with Crippen molar-refractivity contribution in [2.24, 2.45) is 0 Å². The summed E-state index contributed by atoms with van der Waals surface area (Å²) in [4.78, 5) is 28.8. The molecular weight excluding hydrogens is 376 g/mol. The maximum absolute atomic E-state index is 12.2. The number of hydrogen-bond donors (Lipinski definition) is 1. The minimum Gasteiger partial charge on any atom is -0.481 e. The molecule has 0 spiro atoms. The van der Waals surface area contributed by atoms with Crippen LogP contribution in [-0.2, 0) is 4.79 Å². The molecule has 1 saturated heterocycles. The first-order chi connectivity index (χ1) is 14.6. The first-order valence-electron chi connectivity index (χ1n) is 10.8. The maximum atomic E-state index is 12.2. The average Bonchev–Trinajstić information content (AvgIpc) is 2.77. The van der Waals surface area contributed by atoms with Crippen molar-refractivity contribution >= 4 is 22.8 Å². The minimum absolute atomic E-state index is 0.549. The summed E-state index contributed by atoms with van der Waals surface area (Å²) in [5.41, 5.74) is 3.87. The third kappa shape index (κ3) is 3.86. The Kier molecular flexibility index (Phi) is 5.93. The lowest BCUT2D eigenvalue weighted by atomic mass is 9.89. The van der Waals surface area contributed by atoms with Crippen LogP contribution in [0, 0.1) is 6.92 Å². The van der Waals surface area contributed by atoms with E-state index >= 15 is 0 Å². The molecule has 0 saturated carbocycles. The number of aromatic nitrogens is 3. The Balaban J connectivity index is 1.97. The molecule has 156 valence electrons. The molecule has 0 aliphatic carbocycles. The molecular formula is C24H28N4O2. The molecule has 0 radical (unpaired) electrons. The molecule has 6 nitrogen and oxygen atoms in total. The van der Waals surface area contributed by atoms with Crippen LogP contribution in [0.2, 0.25) is 0 Å². The van der Waals surface area contributed by atoms with Crippen molar-refractivity contribution in [3.63, 3.8) is 0 Å². The van der Waals surface area contributed by atoms with Gasteiger partial charge in [0.15, 0.2) is 0 Å². The summed E-state index contributed by atoms with van der Waals surface area (Å²) < 4.78 is 0. The van der Waals surface area contributed by atoms with Gasteiger partial charge in [0.1, 0.15) is 0 Å². The molecule has 6 heteroatoms. The van der Waals surface area contributed by atoms with Gasteiger partial charge in [0, 0.05) is 41.5 Å². The molecule has 2 aromatic heterocycles. The third-order valence-electron chi connectivity index (χ3n) is 5.88. The number of piperidine rings is 1. The van der Waals surface area contributed by atoms with E-state index < -0.39 is 11.9 Å². The van der Waals surface area contributed by atoms with E-state index in [9.17, 15) is 9.90 Å². The molecule has 30 heavy (non-hydrogen) atoms. The molecule has 3 heterocycles. The van der Waals surface area contributed by atoms with Crippen LogP contribution in [0.4, 0.5) is 5.95 Å². The molecule has 1 aliphatic rings. The van der Waals surface area contributed by atoms with E-state index in [2.05, 4.69) is 9.88 Å². The largest absolute Gasteiger partial charge is 0.481 e. The highest BCUT2D eigenvalue weighted by molar-refractivity contribution is 5.94. The van der Waals surface area contributed by atoms with Crippen LogP contribution in [-0.4, -0.2) is 39.1 Å². The van der Waals surface area contributed by atoms with E-state index in [-0.39, 0.29) is 0 Å². The third-order valence-corrected chi connectivity index (χ3v) is 5.88. The summed E-state index contributed by atoms with van der Waals surface area (Å²) in [5, 5.41) is 11.0. The van der Waals surface area contributed by atoms with Crippen molar-refractivity contribution < 1.29 is 9.90 Å². The van der Waals surface area contributed by atoms with E-state index in [1.54, 1.807) is 6.20 Å². The zero-order chi connectivity index (χ0) is 21.1. The highest BCUT2D eigenvalue weighted by atomic mass is 16.4. The zero-order valence-corrected chi connectivity index (χ0v) is 17.6. The average molecular weight is 405 g/mol. The predicted octanol–water partition coefficient (Wildman–Crippen LogP) is 4.96. The van der Waals surface area contributed by atoms with Crippen molar-refractivity contribution in [3.05, 3.63) is 47.8 Å². The van der Waals surface area contributed by atoms with Crippen molar-refractivity contribution in [1.29, 1.82) is 0 Å². The van der Waals surface area contributed by atoms with E-state index in [0.29, 0.717) is 23.6 Å². The number of anilines is 1. The standard InChI is InChI=1S/C24H28N4O2/c1-3-9-18(23(29)30)20-16(2)26-24(28-14-5-4-6-15-28)27-22(20)19-12-7-10-17-11-8-13-25-21(17)19/h7-8,10-13,18H,3-6,9,14-15H2,1-2H3,(H,29,30). The summed E-state index contributed by atoms with van der Waals surface area (Å²) in [7, 11) is 0. The van der Waals surface area contributed by atoms with E-state index in [1.165, 1.54) is 6.42 Å². The fraction of sp³-hybridized carbons (Fsp3) is 0.417. The van der Waals surface area contributed by atoms with Gasteiger partial charge < -0.3 is 10.0 Å². The lowest BCUT2D eigenvalue weighted by Gasteiger charge is -2.28. The molecule has 1 aliphatic heterocycles. The number of nitrogens with zero attached hydrogens (tertiary/aromatic N) is 4. The number of rotatable bonds is 6. The van der Waals surface area contributed by atoms with Gasteiger partial charge in [0.05, 0.1) is 17.1 Å². The Morgan fingerprint density at radius 3 is 2.63 bits per heavy atom. The highest BCUT2D eigenvalue weighted by Crippen LogP contribution is 2.37. The molecule has 0 bridgehead atoms. The fourth-order valence-electron chi connectivity index (χ4n) is 4.40. The molecule has 3 aromatic rings. The number of aliphatic carboxylic acids is 1. The van der Waals surface area contributed by atoms with E-state index in [4.69, 9.17) is 9.97 Å². The van der Waals surface area contributed by atoms with Gasteiger partial charge in [-0.2, -0.15) is 0 Å². The van der Waals surface area contributed by atoms with Crippen molar-refractivity contribution in [2.75, 3.05) is 18.0 Å². The van der Waals surface area contributed by atoms with Gasteiger partial charge in [-0.15, -0.1) is 0 Å². The fourth-order valence-corrected chi connectivity index (χ4v) is 4.40. The van der Waals surface area contributed by atoms with Crippen LogP contribution in [0.3, 0.4) is 0 Å². The van der Waals surface area contributed by atoms with Gasteiger partial charge in [0.25, 0.3) is 0 Å². The first-order valence-corrected chi connectivity index (χ1v) is 10.8. The Morgan fingerprint density at radius 1 is 1.13 bits per heavy atom. The predicted molar refractivity (Wildman–Crippen MR) is 119 cm³/mol. The van der Waals surface area contributed by atoms with Gasteiger partial charge in [-0.05, 0) is 38.7 Å². The van der Waals surface area contributed by atoms with Gasteiger partial charge in [0.2, 0.25) is 5.95 Å². The Hall–Kier alpha value is -3.02. The Morgan fingerprint density at radius 2 is 1.90 bits per heavy atom. The van der Waals surface area contributed by atoms with E-state index in [1.807, 2.05) is 44.2 Å². The number of carboxylic acids is 1. The number of pyridine rings is 1. The number of carboxylic acid groups (broad SMARTS) is 1. The first kappa shape index (κ1) is 20.3. The second-order valence-corrected chi connectivity index (χ2v) is 7.98. The van der Waals surface area contributed by atoms with Crippen LogP contribution in [0.1, 0.15) is 56.2 Å². The second-order valence-electron chi connectivity index (χ2n) is 7.98. The summed E-state index contributed by atoms with van der Waals surface area (Å²) in [6.45, 7) is 5.79. The number of aryl methyl sites for hydroxylation is 1. The van der Waals surface area contributed by atoms with Gasteiger partial charge >= 0.3 is 5.97 Å². The molecule has 1 unspecified atom stereocenters. The normalized spacial score (nSPS) is 15.3. The summed E-state index contributed by atoms with van der Waals surface area (Å²) in [6, 6.07) is 9.92. The maximum Gasteiger partial charge on any atom is 0.311 e. The topological polar surface area (TPSA) is 79.2 Å². The highest BCUT2D eigenvalue weighted by Gasteiger charge is 2.29. The van der Waals surface area contributed by atoms with Gasteiger partial charge in [-0.1, -0.05) is 37.6 Å². The van der Waals surface area contributed by atoms with Crippen molar-refractivity contribution in [3.8, 4) is 11.3 Å². The molecule has 1 atom stereocenters. The summed E-state index contributed by atoms with van der Waals surface area (Å²) in [6.07, 6.45) is 6.58. The molecule has 0 amide bonds. The smallest absolute Gasteiger partial charge is 0.311 e. The number of benzene rings is 1. The van der Waals surface area contributed by atoms with Crippen LogP contribution in [0.25, 0.3) is 22.2 Å². The number of hydrogen-bond acceptors (Lipinski definition) is 5. The second kappa shape index (κ2) is 8.78. The molecule has 1 N–H and O–H groups in total. The summed E-state index contributed by atoms with van der Waals surface area (Å²) in [5.74, 6) is -0.775. The number of fused-ring (bicyclic) bond motifs is 1. The van der Waals surface area contributed by atoms with Crippen molar-refractivity contribution in [2.45, 2.75) is 51.9 Å². The monoisotopic (exact) mass is 404 g/mol. The van der Waals surface area contributed by atoms with Crippen LogP contribution in [0.15, 0.2) is 36.5 Å². The van der Waals surface area contributed by atoms with Crippen molar-refractivity contribution in [1.82, 2.24) is 15.0 Å².